The fraction of sp³-hybridized carbons (Fsp3) is 0.417. The first kappa shape index (κ1) is 14.2. The zero-order chi connectivity index (χ0) is 13.7. The first-order valence-corrected chi connectivity index (χ1v) is 5.52. The molecule has 5 nitrogen and oxygen atoms in total. The van der Waals surface area contributed by atoms with Gasteiger partial charge in [-0.2, -0.15) is 0 Å². The van der Waals surface area contributed by atoms with Crippen LogP contribution in [0.4, 0.5) is 10.1 Å². The second kappa shape index (κ2) is 6.20. The molecule has 0 radical (unpaired) electrons. The number of nitrogen functional groups attached to an aromatic ring is 1. The van der Waals surface area contributed by atoms with Crippen LogP contribution in [0.1, 0.15) is 24.2 Å². The number of carboxylic acid groups (broad SMARTS) is 1. The Morgan fingerprint density at radius 2 is 2.22 bits per heavy atom. The smallest absolute Gasteiger partial charge is 0.338 e. The Morgan fingerprint density at radius 3 is 2.78 bits per heavy atom. The van der Waals surface area contributed by atoms with Crippen molar-refractivity contribution in [1.82, 2.24) is 0 Å². The van der Waals surface area contributed by atoms with E-state index >= 15 is 0 Å². The van der Waals surface area contributed by atoms with Gasteiger partial charge in [0.05, 0.1) is 17.9 Å². The van der Waals surface area contributed by atoms with Gasteiger partial charge in [0.25, 0.3) is 0 Å². The number of hydrogen-bond acceptors (Lipinski definition) is 4. The van der Waals surface area contributed by atoms with Crippen LogP contribution in [-0.2, 0) is 4.74 Å². The molecular weight excluding hydrogens is 241 g/mol. The van der Waals surface area contributed by atoms with Gasteiger partial charge in [0.2, 0.25) is 0 Å². The van der Waals surface area contributed by atoms with Gasteiger partial charge in [-0.15, -0.1) is 0 Å². The average Bonchev–Trinajstić information content (AvgIpc) is 2.30. The highest BCUT2D eigenvalue weighted by Gasteiger charge is 2.15. The summed E-state index contributed by atoms with van der Waals surface area (Å²) in [5.74, 6) is -2.13. The average molecular weight is 257 g/mol. The zero-order valence-corrected chi connectivity index (χ0v) is 10.3. The molecule has 3 N–H and O–H groups in total. The Morgan fingerprint density at radius 1 is 1.56 bits per heavy atom. The minimum Gasteiger partial charge on any atom is -0.486 e. The van der Waals surface area contributed by atoms with E-state index in [1.165, 1.54) is 0 Å². The van der Waals surface area contributed by atoms with Crippen molar-refractivity contribution < 1.29 is 23.8 Å². The van der Waals surface area contributed by atoms with Gasteiger partial charge in [0.15, 0.2) is 0 Å². The third kappa shape index (κ3) is 3.59. The Labute approximate surface area is 104 Å². The van der Waals surface area contributed by atoms with Crippen molar-refractivity contribution in [3.8, 4) is 5.75 Å². The number of carbonyl (C=O) groups is 1. The maximum atomic E-state index is 13.4. The zero-order valence-electron chi connectivity index (χ0n) is 10.3. The van der Waals surface area contributed by atoms with E-state index in [1.54, 1.807) is 6.92 Å². The minimum absolute atomic E-state index is 0.0807. The van der Waals surface area contributed by atoms with Gasteiger partial charge in [-0.05, 0) is 19.9 Å². The van der Waals surface area contributed by atoms with Gasteiger partial charge in [0.1, 0.15) is 17.7 Å². The minimum atomic E-state index is -1.37. The molecule has 6 heteroatoms. The molecule has 1 aromatic carbocycles. The van der Waals surface area contributed by atoms with Crippen LogP contribution in [0.25, 0.3) is 0 Å². The summed E-state index contributed by atoms with van der Waals surface area (Å²) in [6, 6.07) is 2.02. The topological polar surface area (TPSA) is 81.8 Å². The van der Waals surface area contributed by atoms with E-state index in [2.05, 4.69) is 0 Å². The van der Waals surface area contributed by atoms with Crippen LogP contribution in [0.5, 0.6) is 5.75 Å². The molecule has 0 heterocycles. The standard InChI is InChI=1S/C12H16FNO4/c1-3-17-6-7(2)18-11-5-9(13)8(12(15)16)4-10(11)14/h4-5,7H,3,6,14H2,1-2H3,(H,15,16). The number of rotatable bonds is 6. The SMILES string of the molecule is CCOCC(C)Oc1cc(F)c(C(=O)O)cc1N. The van der Waals surface area contributed by atoms with Crippen LogP contribution in [0.15, 0.2) is 12.1 Å². The number of anilines is 1. The maximum absolute atomic E-state index is 13.4. The summed E-state index contributed by atoms with van der Waals surface area (Å²) in [5, 5.41) is 8.72. The summed E-state index contributed by atoms with van der Waals surface area (Å²) in [5.41, 5.74) is 5.22. The summed E-state index contributed by atoms with van der Waals surface area (Å²) in [7, 11) is 0. The fourth-order valence-electron chi connectivity index (χ4n) is 1.37. The van der Waals surface area contributed by atoms with Crippen LogP contribution in [0, 0.1) is 5.82 Å². The molecule has 18 heavy (non-hydrogen) atoms. The molecule has 1 rings (SSSR count). The third-order valence-corrected chi connectivity index (χ3v) is 2.21. The van der Waals surface area contributed by atoms with Gasteiger partial charge in [-0.1, -0.05) is 0 Å². The highest BCUT2D eigenvalue weighted by atomic mass is 19.1. The molecule has 1 atom stereocenters. The number of benzene rings is 1. The summed E-state index contributed by atoms with van der Waals surface area (Å²) in [4.78, 5) is 10.7. The number of nitrogens with two attached hydrogens (primary N) is 1. The van der Waals surface area contributed by atoms with Gasteiger partial charge in [-0.25, -0.2) is 9.18 Å². The van der Waals surface area contributed by atoms with E-state index < -0.39 is 17.3 Å². The van der Waals surface area contributed by atoms with Crippen molar-refractivity contribution in [2.24, 2.45) is 0 Å². The second-order valence-corrected chi connectivity index (χ2v) is 3.76. The van der Waals surface area contributed by atoms with Crippen molar-refractivity contribution >= 4 is 11.7 Å². The predicted molar refractivity (Wildman–Crippen MR) is 64.4 cm³/mol. The van der Waals surface area contributed by atoms with Crippen molar-refractivity contribution in [3.05, 3.63) is 23.5 Å². The van der Waals surface area contributed by atoms with E-state index in [0.717, 1.165) is 12.1 Å². The molecule has 0 aromatic heterocycles. The lowest BCUT2D eigenvalue weighted by Crippen LogP contribution is -2.20. The molecule has 0 fully saturated rings. The number of ether oxygens (including phenoxy) is 2. The van der Waals surface area contributed by atoms with Gasteiger partial charge < -0.3 is 20.3 Å². The van der Waals surface area contributed by atoms with Crippen LogP contribution >= 0.6 is 0 Å². The molecule has 0 bridgehead atoms. The molecule has 0 saturated carbocycles. The highest BCUT2D eigenvalue weighted by molar-refractivity contribution is 5.89. The maximum Gasteiger partial charge on any atom is 0.338 e. The summed E-state index contributed by atoms with van der Waals surface area (Å²) in [6.07, 6.45) is -0.303. The molecule has 0 aliphatic rings. The molecule has 1 unspecified atom stereocenters. The Kier molecular flexibility index (Phi) is 4.91. The number of aromatic carboxylic acids is 1. The lowest BCUT2D eigenvalue weighted by atomic mass is 10.1. The van der Waals surface area contributed by atoms with E-state index in [0.29, 0.717) is 13.2 Å². The first-order chi connectivity index (χ1) is 8.45. The second-order valence-electron chi connectivity index (χ2n) is 3.76. The van der Waals surface area contributed by atoms with Crippen LogP contribution < -0.4 is 10.5 Å². The lowest BCUT2D eigenvalue weighted by molar-refractivity contribution is 0.0656. The van der Waals surface area contributed by atoms with Crippen molar-refractivity contribution in [3.63, 3.8) is 0 Å². The largest absolute Gasteiger partial charge is 0.486 e. The fourth-order valence-corrected chi connectivity index (χ4v) is 1.37. The number of halogens is 1. The van der Waals surface area contributed by atoms with Crippen molar-refractivity contribution in [1.29, 1.82) is 0 Å². The molecule has 0 amide bonds. The van der Waals surface area contributed by atoms with E-state index in [9.17, 15) is 9.18 Å². The van der Waals surface area contributed by atoms with Crippen LogP contribution in [0.2, 0.25) is 0 Å². The van der Waals surface area contributed by atoms with E-state index in [-0.39, 0.29) is 17.5 Å². The molecular formula is C12H16FNO4. The number of carboxylic acids is 1. The molecule has 1 aromatic rings. The van der Waals surface area contributed by atoms with Crippen molar-refractivity contribution in [2.45, 2.75) is 20.0 Å². The van der Waals surface area contributed by atoms with Crippen LogP contribution in [0.3, 0.4) is 0 Å². The normalized spacial score (nSPS) is 12.2. The van der Waals surface area contributed by atoms with Gasteiger partial charge in [0, 0.05) is 12.7 Å². The molecule has 0 spiro atoms. The monoisotopic (exact) mass is 257 g/mol. The molecule has 100 valence electrons. The quantitative estimate of drug-likeness (QED) is 0.761. The molecule has 0 aliphatic heterocycles. The third-order valence-electron chi connectivity index (χ3n) is 2.21. The summed E-state index contributed by atoms with van der Waals surface area (Å²) < 4.78 is 24.0. The Bertz CT molecular complexity index is 436. The molecule has 0 saturated heterocycles. The lowest BCUT2D eigenvalue weighted by Gasteiger charge is -2.16. The van der Waals surface area contributed by atoms with Gasteiger partial charge in [-0.3, -0.25) is 0 Å². The van der Waals surface area contributed by atoms with E-state index in [1.807, 2.05) is 6.92 Å². The van der Waals surface area contributed by atoms with Crippen LogP contribution in [-0.4, -0.2) is 30.4 Å². The van der Waals surface area contributed by atoms with E-state index in [4.69, 9.17) is 20.3 Å². The summed E-state index contributed by atoms with van der Waals surface area (Å²) in [6.45, 7) is 4.49. The Hall–Kier alpha value is -1.82. The highest BCUT2D eigenvalue weighted by Crippen LogP contribution is 2.26. The first-order valence-electron chi connectivity index (χ1n) is 5.52. The Balaban J connectivity index is 2.84. The molecule has 0 aliphatic carbocycles. The predicted octanol–water partition coefficient (Wildman–Crippen LogP) is 1.91. The van der Waals surface area contributed by atoms with Crippen molar-refractivity contribution in [2.75, 3.05) is 18.9 Å². The number of hydrogen-bond donors (Lipinski definition) is 2. The summed E-state index contributed by atoms with van der Waals surface area (Å²) >= 11 is 0. The van der Waals surface area contributed by atoms with Gasteiger partial charge >= 0.3 is 5.97 Å².